The molecule has 6 nitrogen and oxygen atoms in total. The van der Waals surface area contributed by atoms with Crippen molar-refractivity contribution in [1.29, 1.82) is 0 Å². The van der Waals surface area contributed by atoms with Gasteiger partial charge in [0.05, 0.1) is 5.41 Å². The fourth-order valence-corrected chi connectivity index (χ4v) is 7.60. The molecule has 2 saturated heterocycles. The number of Topliss-reactive ketones (excluding diaryl/α,β-unsaturated/α-hetero) is 1. The molecule has 0 amide bonds. The van der Waals surface area contributed by atoms with Crippen LogP contribution in [0.25, 0.3) is 0 Å². The van der Waals surface area contributed by atoms with E-state index >= 15 is 0 Å². The topological polar surface area (TPSA) is 82.1 Å². The van der Waals surface area contributed by atoms with Crippen LogP contribution in [0.4, 0.5) is 0 Å². The van der Waals surface area contributed by atoms with Crippen LogP contribution in [0, 0.1) is 34.0 Å². The first-order chi connectivity index (χ1) is 13.2. The van der Waals surface area contributed by atoms with E-state index in [1.807, 2.05) is 6.92 Å². The Bertz CT molecular complexity index is 758. The van der Waals surface area contributed by atoms with E-state index < -0.39 is 35.5 Å². The van der Waals surface area contributed by atoms with E-state index in [9.17, 15) is 14.7 Å². The molecule has 5 aliphatic rings. The molecule has 0 radical (unpaired) electrons. The Balaban J connectivity index is 1.72. The number of aliphatic hydroxyl groups excluding tert-OH is 1. The molecule has 5 fully saturated rings. The van der Waals surface area contributed by atoms with E-state index in [-0.39, 0.29) is 29.0 Å². The minimum atomic E-state index is -1.21. The van der Waals surface area contributed by atoms with Gasteiger partial charge in [-0.25, -0.2) is 0 Å². The van der Waals surface area contributed by atoms with E-state index in [0.29, 0.717) is 31.4 Å². The van der Waals surface area contributed by atoms with Gasteiger partial charge in [-0.05, 0) is 61.9 Å². The van der Waals surface area contributed by atoms with Crippen LogP contribution in [0.1, 0.15) is 52.9 Å². The summed E-state index contributed by atoms with van der Waals surface area (Å²) < 4.78 is 17.9. The molecule has 1 N–H and O–H groups in total. The van der Waals surface area contributed by atoms with Crippen LogP contribution in [0.2, 0.25) is 0 Å². The number of carbonyl (C=O) groups is 2. The second-order valence-electron chi connectivity index (χ2n) is 10.1. The molecule has 2 heterocycles. The van der Waals surface area contributed by atoms with Crippen molar-refractivity contribution >= 4 is 11.8 Å². The largest absolute Gasteiger partial charge is 0.461 e. The van der Waals surface area contributed by atoms with Gasteiger partial charge in [0.15, 0.2) is 18.4 Å². The number of ether oxygens (including phenoxy) is 3. The van der Waals surface area contributed by atoms with Gasteiger partial charge in [0.1, 0.15) is 11.5 Å². The van der Waals surface area contributed by atoms with Gasteiger partial charge in [-0.1, -0.05) is 20.4 Å². The maximum Gasteiger partial charge on any atom is 0.320 e. The predicted octanol–water partition coefficient (Wildman–Crippen LogP) is 2.59. The average molecular weight is 390 g/mol. The smallest absolute Gasteiger partial charge is 0.320 e. The minimum absolute atomic E-state index is 0.0430. The van der Waals surface area contributed by atoms with Crippen molar-refractivity contribution in [1.82, 2.24) is 0 Å². The second kappa shape index (κ2) is 5.67. The summed E-state index contributed by atoms with van der Waals surface area (Å²) in [6, 6.07) is 0. The first-order valence-corrected chi connectivity index (χ1v) is 10.6. The molecule has 0 aromatic rings. The summed E-state index contributed by atoms with van der Waals surface area (Å²) in [5, 5.41) is 11.3. The SMILES string of the molecule is C=C1C(=O)[C@]23C[C@H]1CC[C@H]2[C@@]12[C@H](O)O[C@@H](OCC)[C@@H]1C(C)(C)CC[C@@H]2OC3=O. The second-order valence-corrected chi connectivity index (χ2v) is 10.1. The maximum absolute atomic E-state index is 13.3. The molecular formula is C22H30O6. The lowest BCUT2D eigenvalue weighted by atomic mass is 9.43. The van der Waals surface area contributed by atoms with Gasteiger partial charge < -0.3 is 19.3 Å². The highest BCUT2D eigenvalue weighted by Crippen LogP contribution is 2.72. The molecule has 8 atom stereocenters. The quantitative estimate of drug-likeness (QED) is 0.443. The molecular weight excluding hydrogens is 360 g/mol. The Kier molecular flexibility index (Phi) is 3.80. The molecule has 28 heavy (non-hydrogen) atoms. The molecule has 2 aliphatic heterocycles. The highest BCUT2D eigenvalue weighted by Gasteiger charge is 2.80. The van der Waals surface area contributed by atoms with Gasteiger partial charge in [-0.15, -0.1) is 0 Å². The zero-order valence-corrected chi connectivity index (χ0v) is 16.9. The van der Waals surface area contributed by atoms with E-state index in [1.54, 1.807) is 0 Å². The van der Waals surface area contributed by atoms with Gasteiger partial charge in [-0.2, -0.15) is 0 Å². The minimum Gasteiger partial charge on any atom is -0.461 e. The molecule has 2 bridgehead atoms. The Morgan fingerprint density at radius 1 is 1.25 bits per heavy atom. The molecule has 3 aliphatic carbocycles. The normalized spacial score (nSPS) is 51.4. The van der Waals surface area contributed by atoms with E-state index in [4.69, 9.17) is 14.2 Å². The van der Waals surface area contributed by atoms with Crippen LogP contribution >= 0.6 is 0 Å². The summed E-state index contributed by atoms with van der Waals surface area (Å²) in [5.74, 6) is -0.998. The third-order valence-electron chi connectivity index (χ3n) is 8.66. The summed E-state index contributed by atoms with van der Waals surface area (Å²) in [6.07, 6.45) is 1.36. The first-order valence-electron chi connectivity index (χ1n) is 10.6. The molecule has 154 valence electrons. The average Bonchev–Trinajstić information content (AvgIpc) is 3.04. The van der Waals surface area contributed by atoms with Crippen molar-refractivity contribution in [2.24, 2.45) is 34.0 Å². The Hall–Kier alpha value is -1.24. The summed E-state index contributed by atoms with van der Waals surface area (Å²) >= 11 is 0. The lowest BCUT2D eigenvalue weighted by Crippen LogP contribution is -2.70. The van der Waals surface area contributed by atoms with E-state index in [0.717, 1.165) is 12.8 Å². The number of aliphatic hydroxyl groups is 1. The first kappa shape index (κ1) is 18.8. The monoisotopic (exact) mass is 390 g/mol. The summed E-state index contributed by atoms with van der Waals surface area (Å²) in [6.45, 7) is 10.7. The number of hydrogen-bond donors (Lipinski definition) is 1. The number of esters is 1. The molecule has 5 rings (SSSR count). The van der Waals surface area contributed by atoms with Crippen molar-refractivity contribution in [3.05, 3.63) is 12.2 Å². The van der Waals surface area contributed by atoms with Gasteiger partial charge in [-0.3, -0.25) is 9.59 Å². The number of fused-ring (bicyclic) bond motifs is 1. The van der Waals surface area contributed by atoms with Gasteiger partial charge in [0.2, 0.25) is 0 Å². The summed E-state index contributed by atoms with van der Waals surface area (Å²) in [4.78, 5) is 26.6. The van der Waals surface area contributed by atoms with Crippen LogP contribution in [-0.2, 0) is 23.8 Å². The van der Waals surface area contributed by atoms with Gasteiger partial charge >= 0.3 is 5.97 Å². The fraction of sp³-hybridized carbons (Fsp3) is 0.818. The molecule has 0 aromatic heterocycles. The number of allylic oxidation sites excluding steroid dienone is 1. The van der Waals surface area contributed by atoms with Gasteiger partial charge in [0.25, 0.3) is 0 Å². The van der Waals surface area contributed by atoms with Crippen molar-refractivity contribution in [3.63, 3.8) is 0 Å². The van der Waals surface area contributed by atoms with E-state index in [1.165, 1.54) is 0 Å². The third-order valence-corrected chi connectivity index (χ3v) is 8.66. The summed E-state index contributed by atoms with van der Waals surface area (Å²) in [5.41, 5.74) is -1.65. The number of carbonyl (C=O) groups excluding carboxylic acids is 2. The van der Waals surface area contributed by atoms with Crippen molar-refractivity contribution in [3.8, 4) is 0 Å². The fourth-order valence-electron chi connectivity index (χ4n) is 7.60. The standard InChI is InChI=1S/C22H30O6/c1-5-26-17-15-20(3,4)9-8-14-22(15,19(25)28-17)13-7-6-12-10-21(13,18(24)27-14)16(23)11(12)2/h12-15,17,19,25H,2,5-10H2,1,3-4H3/t12-,13-,14+,15-,17-,19-,21+,22+/m1/s1. The summed E-state index contributed by atoms with van der Waals surface area (Å²) in [7, 11) is 0. The number of rotatable bonds is 2. The predicted molar refractivity (Wildman–Crippen MR) is 98.7 cm³/mol. The number of hydrogen-bond acceptors (Lipinski definition) is 6. The lowest BCUT2D eigenvalue weighted by molar-refractivity contribution is -0.268. The molecule has 3 saturated carbocycles. The third kappa shape index (κ3) is 1.90. The van der Waals surface area contributed by atoms with E-state index in [2.05, 4.69) is 20.4 Å². The zero-order valence-electron chi connectivity index (χ0n) is 16.9. The molecule has 0 aromatic carbocycles. The van der Waals surface area contributed by atoms with Crippen molar-refractivity contribution in [2.75, 3.05) is 6.61 Å². The van der Waals surface area contributed by atoms with Crippen LogP contribution in [0.5, 0.6) is 0 Å². The van der Waals surface area contributed by atoms with Crippen LogP contribution in [0.15, 0.2) is 12.2 Å². The molecule has 2 spiro atoms. The Morgan fingerprint density at radius 3 is 2.71 bits per heavy atom. The highest BCUT2D eigenvalue weighted by atomic mass is 16.7. The van der Waals surface area contributed by atoms with Gasteiger partial charge in [0, 0.05) is 12.5 Å². The Morgan fingerprint density at radius 2 is 2.00 bits per heavy atom. The molecule has 6 heteroatoms. The number of ketones is 1. The maximum atomic E-state index is 13.3. The van der Waals surface area contributed by atoms with Crippen molar-refractivity contribution in [2.45, 2.75) is 71.6 Å². The van der Waals surface area contributed by atoms with Crippen molar-refractivity contribution < 1.29 is 28.9 Å². The van der Waals surface area contributed by atoms with Crippen LogP contribution in [0.3, 0.4) is 0 Å². The van der Waals surface area contributed by atoms with Crippen LogP contribution < -0.4 is 0 Å². The molecule has 0 unspecified atom stereocenters. The zero-order chi connectivity index (χ0) is 20.1. The Labute approximate surface area is 165 Å². The lowest BCUT2D eigenvalue weighted by Gasteiger charge is -2.62. The highest BCUT2D eigenvalue weighted by molar-refractivity contribution is 6.15. The van der Waals surface area contributed by atoms with Crippen LogP contribution in [-0.4, -0.2) is 42.1 Å².